The van der Waals surface area contributed by atoms with Gasteiger partial charge in [0.2, 0.25) is 5.82 Å². The maximum atomic E-state index is 15.1. The Morgan fingerprint density at radius 1 is 1.14 bits per heavy atom. The Kier molecular flexibility index (Phi) is 5.58. The van der Waals surface area contributed by atoms with Gasteiger partial charge in [0.15, 0.2) is 11.6 Å². The van der Waals surface area contributed by atoms with E-state index >= 15 is 4.39 Å². The minimum absolute atomic E-state index is 0.139. The van der Waals surface area contributed by atoms with Crippen molar-refractivity contribution in [1.29, 1.82) is 0 Å². The zero-order chi connectivity index (χ0) is 20.4. The summed E-state index contributed by atoms with van der Waals surface area (Å²) < 4.78 is 58.9. The standard InChI is InChI=1S/C20H22F4N4O/c21-17-18(25-10-13-7-9-29-11-13)26-12-27-19(17)28-8-1-2-16(28)14-3-5-15(6-4-14)20(22,23)24/h3-6,12-13,16H,1-2,7-11H2,(H,25,26,27)/t13?,16-/m1/s1. The number of hydrogen-bond donors (Lipinski definition) is 1. The van der Waals surface area contributed by atoms with Crippen LogP contribution in [0.5, 0.6) is 0 Å². The minimum atomic E-state index is -4.38. The van der Waals surface area contributed by atoms with Crippen molar-refractivity contribution in [2.45, 2.75) is 31.5 Å². The lowest BCUT2D eigenvalue weighted by atomic mass is 10.0. The molecule has 0 aliphatic carbocycles. The Morgan fingerprint density at radius 2 is 1.93 bits per heavy atom. The van der Waals surface area contributed by atoms with E-state index < -0.39 is 17.6 Å². The summed E-state index contributed by atoms with van der Waals surface area (Å²) in [6, 6.07) is 4.84. The Bertz CT molecular complexity index is 837. The Labute approximate surface area is 166 Å². The second-order valence-electron chi connectivity index (χ2n) is 7.44. The van der Waals surface area contributed by atoms with E-state index in [1.54, 1.807) is 0 Å². The van der Waals surface area contributed by atoms with Gasteiger partial charge in [-0.1, -0.05) is 12.1 Å². The summed E-state index contributed by atoms with van der Waals surface area (Å²) in [6.07, 6.45) is -0.616. The first-order valence-electron chi connectivity index (χ1n) is 9.69. The van der Waals surface area contributed by atoms with Crippen LogP contribution in [0.15, 0.2) is 30.6 Å². The summed E-state index contributed by atoms with van der Waals surface area (Å²) >= 11 is 0. The van der Waals surface area contributed by atoms with E-state index in [1.165, 1.54) is 18.5 Å². The van der Waals surface area contributed by atoms with Crippen molar-refractivity contribution >= 4 is 11.6 Å². The summed E-state index contributed by atoms with van der Waals surface area (Å²) in [4.78, 5) is 9.96. The number of hydrogen-bond acceptors (Lipinski definition) is 5. The Balaban J connectivity index is 1.53. The van der Waals surface area contributed by atoms with E-state index in [0.29, 0.717) is 37.8 Å². The van der Waals surface area contributed by atoms with Crippen molar-refractivity contribution in [2.24, 2.45) is 5.92 Å². The summed E-state index contributed by atoms with van der Waals surface area (Å²) in [5.41, 5.74) is 0.0208. The second kappa shape index (κ2) is 8.14. The lowest BCUT2D eigenvalue weighted by molar-refractivity contribution is -0.137. The zero-order valence-corrected chi connectivity index (χ0v) is 15.8. The van der Waals surface area contributed by atoms with Gasteiger partial charge in [-0.3, -0.25) is 0 Å². The van der Waals surface area contributed by atoms with Crippen molar-refractivity contribution in [3.63, 3.8) is 0 Å². The third-order valence-corrected chi connectivity index (χ3v) is 5.50. The highest BCUT2D eigenvalue weighted by Gasteiger charge is 2.33. The van der Waals surface area contributed by atoms with Crippen LogP contribution in [0.25, 0.3) is 0 Å². The fraction of sp³-hybridized carbons (Fsp3) is 0.500. The monoisotopic (exact) mass is 410 g/mol. The van der Waals surface area contributed by atoms with Crippen molar-refractivity contribution in [3.05, 3.63) is 47.5 Å². The molecule has 9 heteroatoms. The molecule has 2 atom stereocenters. The normalized spacial score (nSPS) is 22.3. The van der Waals surface area contributed by atoms with Crippen molar-refractivity contribution in [2.75, 3.05) is 36.5 Å². The molecule has 2 aliphatic rings. The van der Waals surface area contributed by atoms with Crippen LogP contribution in [0.2, 0.25) is 0 Å². The van der Waals surface area contributed by atoms with Gasteiger partial charge in [-0.2, -0.15) is 17.6 Å². The lowest BCUT2D eigenvalue weighted by Gasteiger charge is -2.27. The van der Waals surface area contributed by atoms with Crippen LogP contribution in [-0.4, -0.2) is 36.3 Å². The molecule has 0 spiro atoms. The highest BCUT2D eigenvalue weighted by Crippen LogP contribution is 2.38. The predicted octanol–water partition coefficient (Wildman–Crippen LogP) is 4.42. The van der Waals surface area contributed by atoms with Gasteiger partial charge in [0, 0.05) is 25.6 Å². The molecule has 0 bridgehead atoms. The van der Waals surface area contributed by atoms with Crippen LogP contribution in [0.3, 0.4) is 0 Å². The van der Waals surface area contributed by atoms with E-state index in [-0.39, 0.29) is 17.7 Å². The van der Waals surface area contributed by atoms with E-state index in [9.17, 15) is 13.2 Å². The number of aromatic nitrogens is 2. The van der Waals surface area contributed by atoms with Gasteiger partial charge in [-0.05, 0) is 37.0 Å². The van der Waals surface area contributed by atoms with Crippen LogP contribution >= 0.6 is 0 Å². The minimum Gasteiger partial charge on any atom is -0.381 e. The largest absolute Gasteiger partial charge is 0.416 e. The molecule has 2 fully saturated rings. The Hall–Kier alpha value is -2.42. The quantitative estimate of drug-likeness (QED) is 0.740. The lowest BCUT2D eigenvalue weighted by Crippen LogP contribution is -2.26. The molecule has 2 aliphatic heterocycles. The number of rotatable bonds is 5. The third kappa shape index (κ3) is 4.29. The maximum Gasteiger partial charge on any atom is 0.416 e. The number of benzene rings is 1. The second-order valence-corrected chi connectivity index (χ2v) is 7.44. The topological polar surface area (TPSA) is 50.3 Å². The molecule has 3 heterocycles. The first kappa shape index (κ1) is 19.9. The smallest absolute Gasteiger partial charge is 0.381 e. The molecule has 2 saturated heterocycles. The molecule has 1 N–H and O–H groups in total. The van der Waals surface area contributed by atoms with Crippen LogP contribution in [0.4, 0.5) is 29.2 Å². The molecule has 1 aromatic heterocycles. The molecule has 4 rings (SSSR count). The fourth-order valence-corrected chi connectivity index (χ4v) is 3.93. The average molecular weight is 410 g/mol. The Morgan fingerprint density at radius 3 is 2.62 bits per heavy atom. The molecule has 0 amide bonds. The molecule has 1 aromatic carbocycles. The number of halogens is 4. The highest BCUT2D eigenvalue weighted by atomic mass is 19.4. The molecule has 0 saturated carbocycles. The molecular weight excluding hydrogens is 388 g/mol. The number of anilines is 2. The molecule has 29 heavy (non-hydrogen) atoms. The van der Waals surface area contributed by atoms with Crippen LogP contribution in [0, 0.1) is 11.7 Å². The van der Waals surface area contributed by atoms with Crippen LogP contribution < -0.4 is 10.2 Å². The maximum absolute atomic E-state index is 15.1. The van der Waals surface area contributed by atoms with Gasteiger partial charge in [0.25, 0.3) is 0 Å². The summed E-state index contributed by atoms with van der Waals surface area (Å²) in [6.45, 7) is 2.51. The molecule has 0 radical (unpaired) electrons. The molecular formula is C20H22F4N4O. The summed E-state index contributed by atoms with van der Waals surface area (Å²) in [5, 5.41) is 3.04. The molecule has 5 nitrogen and oxygen atoms in total. The van der Waals surface area contributed by atoms with E-state index in [1.807, 2.05) is 4.90 Å². The molecule has 1 unspecified atom stereocenters. The van der Waals surface area contributed by atoms with E-state index in [4.69, 9.17) is 4.74 Å². The number of alkyl halides is 3. The number of nitrogens with one attached hydrogen (secondary N) is 1. The number of ether oxygens (including phenoxy) is 1. The average Bonchev–Trinajstić information content (AvgIpc) is 3.39. The molecule has 2 aromatic rings. The first-order chi connectivity index (χ1) is 13.9. The van der Waals surface area contributed by atoms with Crippen molar-refractivity contribution < 1.29 is 22.3 Å². The van der Waals surface area contributed by atoms with Gasteiger partial charge < -0.3 is 15.0 Å². The predicted molar refractivity (Wildman–Crippen MR) is 100 cm³/mol. The zero-order valence-electron chi connectivity index (χ0n) is 15.8. The van der Waals surface area contributed by atoms with Crippen molar-refractivity contribution in [3.8, 4) is 0 Å². The van der Waals surface area contributed by atoms with Gasteiger partial charge >= 0.3 is 6.18 Å². The van der Waals surface area contributed by atoms with Crippen LogP contribution in [-0.2, 0) is 10.9 Å². The number of nitrogens with zero attached hydrogens (tertiary/aromatic N) is 3. The SMILES string of the molecule is Fc1c(NCC2CCOC2)ncnc1N1CCC[C@@H]1c1ccc(C(F)(F)F)cc1. The third-order valence-electron chi connectivity index (χ3n) is 5.50. The molecule has 156 valence electrons. The first-order valence-corrected chi connectivity index (χ1v) is 9.69. The summed E-state index contributed by atoms with van der Waals surface area (Å²) in [7, 11) is 0. The van der Waals surface area contributed by atoms with Gasteiger partial charge in [-0.25, -0.2) is 9.97 Å². The highest BCUT2D eigenvalue weighted by molar-refractivity contribution is 5.53. The van der Waals surface area contributed by atoms with Gasteiger partial charge in [0.05, 0.1) is 18.2 Å². The summed E-state index contributed by atoms with van der Waals surface area (Å²) in [5.74, 6) is 0.0947. The van der Waals surface area contributed by atoms with Gasteiger partial charge in [0.1, 0.15) is 6.33 Å². The van der Waals surface area contributed by atoms with Crippen molar-refractivity contribution in [1.82, 2.24) is 9.97 Å². The fourth-order valence-electron chi connectivity index (χ4n) is 3.93. The van der Waals surface area contributed by atoms with Gasteiger partial charge in [-0.15, -0.1) is 0 Å². The van der Waals surface area contributed by atoms with E-state index in [0.717, 1.165) is 31.4 Å². The van der Waals surface area contributed by atoms with E-state index in [2.05, 4.69) is 15.3 Å². The van der Waals surface area contributed by atoms with Crippen LogP contribution in [0.1, 0.15) is 36.4 Å².